The summed E-state index contributed by atoms with van der Waals surface area (Å²) in [5.74, 6) is 0.0970. The normalized spacial score (nSPS) is 11.4. The van der Waals surface area contributed by atoms with Crippen LogP contribution in [0.4, 0.5) is 5.69 Å². The number of para-hydroxylation sites is 2. The Balaban J connectivity index is 2.12. The molecule has 0 fully saturated rings. The van der Waals surface area contributed by atoms with E-state index in [-0.39, 0.29) is 11.8 Å². The molecule has 5 heteroatoms. The third kappa shape index (κ3) is 4.32. The van der Waals surface area contributed by atoms with Crippen LogP contribution >= 0.6 is 0 Å². The maximum Gasteiger partial charge on any atom is 0.265 e. The summed E-state index contributed by atoms with van der Waals surface area (Å²) >= 11 is 0. The molecule has 2 aromatic carbocycles. The summed E-state index contributed by atoms with van der Waals surface area (Å²) < 4.78 is 5.71. The Bertz CT molecular complexity index is 671. The molecule has 0 aliphatic heterocycles. The fraction of sp³-hybridized carbons (Fsp3) is 0.222. The van der Waals surface area contributed by atoms with Crippen molar-refractivity contribution in [2.75, 3.05) is 12.4 Å². The van der Waals surface area contributed by atoms with Gasteiger partial charge in [0.2, 0.25) is 0 Å². The Morgan fingerprint density at radius 2 is 1.70 bits per heavy atom. The monoisotopic (exact) mass is 312 g/mol. The van der Waals surface area contributed by atoms with E-state index in [1.807, 2.05) is 25.1 Å². The highest BCUT2D eigenvalue weighted by molar-refractivity contribution is 6.04. The molecular weight excluding hydrogens is 292 g/mol. The summed E-state index contributed by atoms with van der Waals surface area (Å²) in [6, 6.07) is 16.0. The van der Waals surface area contributed by atoms with E-state index in [9.17, 15) is 9.59 Å². The largest absolute Gasteiger partial charge is 0.481 e. The first-order chi connectivity index (χ1) is 11.2. The quantitative estimate of drug-likeness (QED) is 0.862. The van der Waals surface area contributed by atoms with Crippen LogP contribution in [0.25, 0.3) is 0 Å². The molecule has 2 amide bonds. The topological polar surface area (TPSA) is 67.4 Å². The van der Waals surface area contributed by atoms with Gasteiger partial charge >= 0.3 is 0 Å². The van der Waals surface area contributed by atoms with Crippen LogP contribution in [0, 0.1) is 0 Å². The van der Waals surface area contributed by atoms with Crippen LogP contribution in [-0.4, -0.2) is 25.0 Å². The second-order valence-electron chi connectivity index (χ2n) is 4.94. The molecule has 120 valence electrons. The Hall–Kier alpha value is -2.82. The van der Waals surface area contributed by atoms with E-state index < -0.39 is 6.10 Å². The smallest absolute Gasteiger partial charge is 0.265 e. The van der Waals surface area contributed by atoms with E-state index in [4.69, 9.17) is 4.74 Å². The van der Waals surface area contributed by atoms with Crippen LogP contribution in [-0.2, 0) is 4.79 Å². The van der Waals surface area contributed by atoms with E-state index in [0.29, 0.717) is 23.4 Å². The third-order valence-electron chi connectivity index (χ3n) is 3.34. The molecule has 0 bridgehead atoms. The molecule has 0 radical (unpaired) electrons. The highest BCUT2D eigenvalue weighted by atomic mass is 16.5. The minimum atomic E-state index is -0.629. The number of hydrogen-bond acceptors (Lipinski definition) is 3. The molecule has 0 heterocycles. The number of ether oxygens (including phenoxy) is 1. The molecule has 23 heavy (non-hydrogen) atoms. The maximum absolute atomic E-state index is 12.4. The predicted molar refractivity (Wildman–Crippen MR) is 89.6 cm³/mol. The molecule has 0 saturated carbocycles. The van der Waals surface area contributed by atoms with Crippen LogP contribution in [0.2, 0.25) is 0 Å². The Morgan fingerprint density at radius 3 is 2.35 bits per heavy atom. The SMILES string of the molecule is CC[C@@H](Oc1ccccc1)C(=O)Nc1ccccc1C(=O)NC. The number of carbonyl (C=O) groups is 2. The van der Waals surface area contributed by atoms with Gasteiger partial charge in [0.15, 0.2) is 6.10 Å². The summed E-state index contributed by atoms with van der Waals surface area (Å²) in [6.07, 6.45) is -0.113. The zero-order chi connectivity index (χ0) is 16.7. The molecular formula is C18H20N2O3. The average molecular weight is 312 g/mol. The Kier molecular flexibility index (Phi) is 5.74. The summed E-state index contributed by atoms with van der Waals surface area (Å²) in [5, 5.41) is 5.33. The van der Waals surface area contributed by atoms with Crippen molar-refractivity contribution in [2.24, 2.45) is 0 Å². The lowest BCUT2D eigenvalue weighted by Crippen LogP contribution is -2.33. The van der Waals surface area contributed by atoms with Crippen LogP contribution in [0.1, 0.15) is 23.7 Å². The lowest BCUT2D eigenvalue weighted by molar-refractivity contribution is -0.122. The molecule has 0 saturated heterocycles. The standard InChI is InChI=1S/C18H20N2O3/c1-3-16(23-13-9-5-4-6-10-13)18(22)20-15-12-8-7-11-14(15)17(21)19-2/h4-12,16H,3H2,1-2H3,(H,19,21)(H,20,22)/t16-/m1/s1. The van der Waals surface area contributed by atoms with Crippen LogP contribution in [0.3, 0.4) is 0 Å². The number of hydrogen-bond donors (Lipinski definition) is 2. The van der Waals surface area contributed by atoms with Gasteiger partial charge in [0, 0.05) is 7.05 Å². The van der Waals surface area contributed by atoms with E-state index in [1.54, 1.807) is 43.4 Å². The fourth-order valence-electron chi connectivity index (χ4n) is 2.12. The van der Waals surface area contributed by atoms with Crippen molar-refractivity contribution in [1.82, 2.24) is 5.32 Å². The molecule has 2 rings (SSSR count). The van der Waals surface area contributed by atoms with Crippen molar-refractivity contribution in [3.05, 3.63) is 60.2 Å². The van der Waals surface area contributed by atoms with E-state index >= 15 is 0 Å². The van der Waals surface area contributed by atoms with Gasteiger partial charge in [-0.15, -0.1) is 0 Å². The van der Waals surface area contributed by atoms with Crippen molar-refractivity contribution in [3.8, 4) is 5.75 Å². The van der Waals surface area contributed by atoms with E-state index in [1.165, 1.54) is 0 Å². The molecule has 0 aliphatic carbocycles. The van der Waals surface area contributed by atoms with Gasteiger partial charge in [0.1, 0.15) is 5.75 Å². The molecule has 0 spiro atoms. The Morgan fingerprint density at radius 1 is 1.04 bits per heavy atom. The predicted octanol–water partition coefficient (Wildman–Crippen LogP) is 2.84. The van der Waals surface area contributed by atoms with Crippen LogP contribution in [0.15, 0.2) is 54.6 Å². The lowest BCUT2D eigenvalue weighted by Gasteiger charge is -2.18. The number of benzene rings is 2. The summed E-state index contributed by atoms with van der Waals surface area (Å²) in [5.41, 5.74) is 0.880. The van der Waals surface area contributed by atoms with Crippen molar-refractivity contribution < 1.29 is 14.3 Å². The first-order valence-electron chi connectivity index (χ1n) is 7.49. The number of rotatable bonds is 6. The summed E-state index contributed by atoms with van der Waals surface area (Å²) in [4.78, 5) is 24.3. The first-order valence-corrected chi connectivity index (χ1v) is 7.49. The van der Waals surface area contributed by atoms with Gasteiger partial charge in [0.05, 0.1) is 11.3 Å². The van der Waals surface area contributed by atoms with Gasteiger partial charge < -0.3 is 15.4 Å². The molecule has 2 aromatic rings. The van der Waals surface area contributed by atoms with E-state index in [0.717, 1.165) is 0 Å². The minimum absolute atomic E-state index is 0.252. The van der Waals surface area contributed by atoms with Crippen LogP contribution in [0.5, 0.6) is 5.75 Å². The van der Waals surface area contributed by atoms with Gasteiger partial charge in [-0.3, -0.25) is 9.59 Å². The molecule has 1 atom stereocenters. The molecule has 5 nitrogen and oxygen atoms in total. The third-order valence-corrected chi connectivity index (χ3v) is 3.34. The average Bonchev–Trinajstić information content (AvgIpc) is 2.60. The molecule has 0 unspecified atom stereocenters. The van der Waals surface area contributed by atoms with Gasteiger partial charge in [-0.05, 0) is 30.7 Å². The second-order valence-corrected chi connectivity index (χ2v) is 4.94. The molecule has 0 aromatic heterocycles. The highest BCUT2D eigenvalue weighted by Gasteiger charge is 2.20. The van der Waals surface area contributed by atoms with Gasteiger partial charge in [-0.25, -0.2) is 0 Å². The maximum atomic E-state index is 12.4. The molecule has 2 N–H and O–H groups in total. The zero-order valence-corrected chi connectivity index (χ0v) is 13.2. The first kappa shape index (κ1) is 16.5. The highest BCUT2D eigenvalue weighted by Crippen LogP contribution is 2.17. The van der Waals surface area contributed by atoms with E-state index in [2.05, 4.69) is 10.6 Å². The van der Waals surface area contributed by atoms with Crippen molar-refractivity contribution >= 4 is 17.5 Å². The van der Waals surface area contributed by atoms with Gasteiger partial charge in [-0.2, -0.15) is 0 Å². The summed E-state index contributed by atoms with van der Waals surface area (Å²) in [6.45, 7) is 1.87. The number of nitrogens with one attached hydrogen (secondary N) is 2. The number of anilines is 1. The summed E-state index contributed by atoms with van der Waals surface area (Å²) in [7, 11) is 1.55. The fourth-order valence-corrected chi connectivity index (χ4v) is 2.12. The molecule has 0 aliphatic rings. The van der Waals surface area contributed by atoms with Crippen LogP contribution < -0.4 is 15.4 Å². The van der Waals surface area contributed by atoms with Crippen molar-refractivity contribution in [1.29, 1.82) is 0 Å². The van der Waals surface area contributed by atoms with Gasteiger partial charge in [0.25, 0.3) is 11.8 Å². The number of amides is 2. The lowest BCUT2D eigenvalue weighted by atomic mass is 10.1. The number of carbonyl (C=O) groups excluding carboxylic acids is 2. The van der Waals surface area contributed by atoms with Gasteiger partial charge in [-0.1, -0.05) is 37.3 Å². The zero-order valence-electron chi connectivity index (χ0n) is 13.2. The minimum Gasteiger partial charge on any atom is -0.481 e. The van der Waals surface area contributed by atoms with Crippen molar-refractivity contribution in [3.63, 3.8) is 0 Å². The van der Waals surface area contributed by atoms with Crippen molar-refractivity contribution in [2.45, 2.75) is 19.4 Å². The second kappa shape index (κ2) is 7.98. The Labute approximate surface area is 135 Å².